The number of hydrogen-bond acceptors (Lipinski definition) is 7. The molecule has 11 nitrogen and oxygen atoms in total. The van der Waals surface area contributed by atoms with Crippen LogP contribution < -0.4 is 21.7 Å². The first kappa shape index (κ1) is 28.7. The smallest absolute Gasteiger partial charge is 0.326 e. The van der Waals surface area contributed by atoms with E-state index in [-0.39, 0.29) is 25.2 Å². The van der Waals surface area contributed by atoms with Crippen molar-refractivity contribution >= 4 is 41.4 Å². The number of carboxylic acid groups (broad SMARTS) is 2. The number of nitrogens with one attached hydrogen (secondary N) is 3. The summed E-state index contributed by atoms with van der Waals surface area (Å²) in [6, 6.07) is -4.19. The lowest BCUT2D eigenvalue weighted by molar-refractivity contribution is -0.143. The lowest BCUT2D eigenvalue weighted by Gasteiger charge is -2.25. The fraction of sp³-hybridized carbons (Fsp3) is 0.737. The van der Waals surface area contributed by atoms with Crippen molar-refractivity contribution in [2.45, 2.75) is 70.6 Å². The fourth-order valence-electron chi connectivity index (χ4n) is 2.53. The van der Waals surface area contributed by atoms with E-state index in [0.29, 0.717) is 12.2 Å². The van der Waals surface area contributed by atoms with Gasteiger partial charge in [-0.2, -0.15) is 11.8 Å². The maximum atomic E-state index is 12.6. The second-order valence-corrected chi connectivity index (χ2v) is 8.31. The van der Waals surface area contributed by atoms with Gasteiger partial charge >= 0.3 is 11.9 Å². The monoisotopic (exact) mass is 462 g/mol. The highest BCUT2D eigenvalue weighted by Crippen LogP contribution is 2.08. The van der Waals surface area contributed by atoms with E-state index in [1.807, 2.05) is 6.26 Å². The minimum atomic E-state index is -1.17. The third-order valence-electron chi connectivity index (χ3n) is 4.78. The van der Waals surface area contributed by atoms with E-state index in [2.05, 4.69) is 16.0 Å². The van der Waals surface area contributed by atoms with Crippen LogP contribution >= 0.6 is 11.8 Å². The number of carboxylic acids is 2. The van der Waals surface area contributed by atoms with Crippen LogP contribution in [0.15, 0.2) is 0 Å². The molecule has 31 heavy (non-hydrogen) atoms. The number of hydrogen-bond donors (Lipinski definition) is 6. The Bertz CT molecular complexity index is 647. The SMILES string of the molecule is CC[C@H](C)[C@H](NC(=O)[C@H](C)NC(=O)[C@H](CCSC)NC(=O)[C@@H](N)CCC(=O)O)C(=O)O. The van der Waals surface area contributed by atoms with Crippen molar-refractivity contribution in [2.24, 2.45) is 11.7 Å². The lowest BCUT2D eigenvalue weighted by Crippen LogP contribution is -2.57. The van der Waals surface area contributed by atoms with E-state index in [1.54, 1.807) is 13.8 Å². The molecule has 0 spiro atoms. The Morgan fingerprint density at radius 2 is 1.55 bits per heavy atom. The lowest BCUT2D eigenvalue weighted by atomic mass is 9.99. The number of thioether (sulfide) groups is 1. The van der Waals surface area contributed by atoms with Crippen molar-refractivity contribution in [2.75, 3.05) is 12.0 Å². The quantitative estimate of drug-likeness (QED) is 0.187. The average Bonchev–Trinajstić information content (AvgIpc) is 2.71. The average molecular weight is 463 g/mol. The van der Waals surface area contributed by atoms with Crippen molar-refractivity contribution in [1.82, 2.24) is 16.0 Å². The van der Waals surface area contributed by atoms with Crippen molar-refractivity contribution in [1.29, 1.82) is 0 Å². The summed E-state index contributed by atoms with van der Waals surface area (Å²) >= 11 is 1.45. The molecule has 0 saturated carbocycles. The summed E-state index contributed by atoms with van der Waals surface area (Å²) in [4.78, 5) is 59.2. The summed E-state index contributed by atoms with van der Waals surface area (Å²) in [7, 11) is 0. The second kappa shape index (κ2) is 14.6. The van der Waals surface area contributed by atoms with E-state index in [4.69, 9.17) is 10.8 Å². The molecule has 0 aliphatic carbocycles. The number of carbonyl (C=O) groups excluding carboxylic acids is 3. The summed E-state index contributed by atoms with van der Waals surface area (Å²) in [6.45, 7) is 4.91. The molecule has 3 amide bonds. The van der Waals surface area contributed by atoms with Gasteiger partial charge in [0.05, 0.1) is 6.04 Å². The Labute approximate surface area is 186 Å². The zero-order valence-electron chi connectivity index (χ0n) is 18.3. The highest BCUT2D eigenvalue weighted by atomic mass is 32.2. The highest BCUT2D eigenvalue weighted by molar-refractivity contribution is 7.98. The number of rotatable bonds is 15. The van der Waals surface area contributed by atoms with Crippen LogP contribution in [0.25, 0.3) is 0 Å². The third-order valence-corrected chi connectivity index (χ3v) is 5.42. The Kier molecular flexibility index (Phi) is 13.5. The van der Waals surface area contributed by atoms with Gasteiger partial charge in [0.2, 0.25) is 17.7 Å². The van der Waals surface area contributed by atoms with Crippen LogP contribution in [0.5, 0.6) is 0 Å². The molecule has 0 bridgehead atoms. The number of carbonyl (C=O) groups is 5. The van der Waals surface area contributed by atoms with Gasteiger partial charge in [-0.3, -0.25) is 19.2 Å². The second-order valence-electron chi connectivity index (χ2n) is 7.32. The predicted octanol–water partition coefficient (Wildman–Crippen LogP) is -0.463. The molecule has 5 atom stereocenters. The molecule has 7 N–H and O–H groups in total. The molecule has 0 aromatic rings. The Hall–Kier alpha value is -2.34. The first-order valence-corrected chi connectivity index (χ1v) is 11.4. The van der Waals surface area contributed by atoms with Crippen molar-refractivity contribution in [3.8, 4) is 0 Å². The molecule has 0 aliphatic rings. The van der Waals surface area contributed by atoms with E-state index in [0.717, 1.165) is 0 Å². The first-order valence-electron chi connectivity index (χ1n) is 10.0. The summed E-state index contributed by atoms with van der Waals surface area (Å²) in [5, 5.41) is 25.4. The van der Waals surface area contributed by atoms with Crippen LogP contribution in [0.4, 0.5) is 0 Å². The van der Waals surface area contributed by atoms with Gasteiger partial charge in [-0.1, -0.05) is 20.3 Å². The molecule has 0 fully saturated rings. The molecule has 0 aliphatic heterocycles. The van der Waals surface area contributed by atoms with Crippen LogP contribution in [0, 0.1) is 5.92 Å². The number of aliphatic carboxylic acids is 2. The topological polar surface area (TPSA) is 188 Å². The first-order chi connectivity index (χ1) is 14.4. The molecule has 0 radical (unpaired) electrons. The summed E-state index contributed by atoms with van der Waals surface area (Å²) in [5.74, 6) is -3.95. The maximum Gasteiger partial charge on any atom is 0.326 e. The van der Waals surface area contributed by atoms with Crippen molar-refractivity contribution in [3.63, 3.8) is 0 Å². The van der Waals surface area contributed by atoms with Gasteiger partial charge in [-0.15, -0.1) is 0 Å². The molecule has 178 valence electrons. The summed E-state index contributed by atoms with van der Waals surface area (Å²) in [5.41, 5.74) is 5.68. The normalized spacial score (nSPS) is 15.6. The van der Waals surface area contributed by atoms with Crippen LogP contribution in [0.2, 0.25) is 0 Å². The Balaban J connectivity index is 5.04. The standard InChI is InChI=1S/C19H34N4O7S/c1-5-10(2)15(19(29)30)23-16(26)11(3)21-18(28)13(8-9-31-4)22-17(27)12(20)6-7-14(24)25/h10-13,15H,5-9,20H2,1-4H3,(H,21,28)(H,22,27)(H,23,26)(H,24,25)(H,29,30)/t10-,11-,12-,13-,15-/m0/s1. The predicted molar refractivity (Wildman–Crippen MR) is 116 cm³/mol. The van der Waals surface area contributed by atoms with Crippen LogP contribution in [-0.2, 0) is 24.0 Å². The van der Waals surface area contributed by atoms with Crippen LogP contribution in [0.3, 0.4) is 0 Å². The highest BCUT2D eigenvalue weighted by Gasteiger charge is 2.30. The Morgan fingerprint density at radius 1 is 0.935 bits per heavy atom. The van der Waals surface area contributed by atoms with Gasteiger partial charge in [-0.05, 0) is 37.7 Å². The van der Waals surface area contributed by atoms with E-state index in [1.165, 1.54) is 18.7 Å². The van der Waals surface area contributed by atoms with E-state index in [9.17, 15) is 29.1 Å². The van der Waals surface area contributed by atoms with Gasteiger partial charge in [0.15, 0.2) is 0 Å². The zero-order valence-corrected chi connectivity index (χ0v) is 19.2. The molecular weight excluding hydrogens is 428 g/mol. The van der Waals surface area contributed by atoms with Gasteiger partial charge < -0.3 is 31.9 Å². The zero-order chi connectivity index (χ0) is 24.1. The molecular formula is C19H34N4O7S. The maximum absolute atomic E-state index is 12.6. The fourth-order valence-corrected chi connectivity index (χ4v) is 3.01. The van der Waals surface area contributed by atoms with Crippen molar-refractivity contribution < 1.29 is 34.2 Å². The minimum absolute atomic E-state index is 0.0803. The summed E-state index contributed by atoms with van der Waals surface area (Å²) in [6.07, 6.45) is 2.27. The van der Waals surface area contributed by atoms with Gasteiger partial charge in [0, 0.05) is 6.42 Å². The molecule has 0 unspecified atom stereocenters. The van der Waals surface area contributed by atoms with E-state index >= 15 is 0 Å². The minimum Gasteiger partial charge on any atom is -0.481 e. The number of nitrogens with two attached hydrogens (primary N) is 1. The third kappa shape index (κ3) is 11.0. The number of amides is 3. The van der Waals surface area contributed by atoms with Crippen LogP contribution in [0.1, 0.15) is 46.5 Å². The summed E-state index contributed by atoms with van der Waals surface area (Å²) < 4.78 is 0. The molecule has 12 heteroatoms. The van der Waals surface area contributed by atoms with Gasteiger partial charge in [0.1, 0.15) is 18.1 Å². The van der Waals surface area contributed by atoms with Gasteiger partial charge in [0.25, 0.3) is 0 Å². The molecule has 0 aromatic heterocycles. The molecule has 0 heterocycles. The van der Waals surface area contributed by atoms with Gasteiger partial charge in [-0.25, -0.2) is 4.79 Å². The van der Waals surface area contributed by atoms with Crippen molar-refractivity contribution in [3.05, 3.63) is 0 Å². The van der Waals surface area contributed by atoms with Crippen LogP contribution in [-0.4, -0.2) is 76.0 Å². The molecule has 0 aromatic carbocycles. The van der Waals surface area contributed by atoms with E-state index < -0.39 is 53.8 Å². The largest absolute Gasteiger partial charge is 0.481 e. The Morgan fingerprint density at radius 3 is 2.03 bits per heavy atom. The molecule has 0 rings (SSSR count). The molecule has 0 saturated heterocycles.